The topological polar surface area (TPSA) is 58.6 Å². The lowest BCUT2D eigenvalue weighted by atomic mass is 9.78. The van der Waals surface area contributed by atoms with Crippen LogP contribution in [0, 0.1) is 5.92 Å². The fraction of sp³-hybridized carbons (Fsp3) is 0.933. The highest BCUT2D eigenvalue weighted by molar-refractivity contribution is 5.71. The van der Waals surface area contributed by atoms with Gasteiger partial charge in [-0.3, -0.25) is 4.79 Å². The van der Waals surface area contributed by atoms with E-state index in [0.29, 0.717) is 13.2 Å². The van der Waals surface area contributed by atoms with Gasteiger partial charge in [0.2, 0.25) is 0 Å². The maximum Gasteiger partial charge on any atom is 0.319 e. The monoisotopic (exact) mass is 271 g/mol. The van der Waals surface area contributed by atoms with Gasteiger partial charge in [-0.25, -0.2) is 0 Å². The number of carbonyl (C=O) groups is 1. The van der Waals surface area contributed by atoms with Crippen LogP contribution in [0.5, 0.6) is 0 Å². The molecule has 0 spiro atoms. The molecule has 4 heteroatoms. The summed E-state index contributed by atoms with van der Waals surface area (Å²) in [5.41, 5.74) is -0.630. The second-order valence-electron chi connectivity index (χ2n) is 5.75. The number of carbonyl (C=O) groups excluding carboxylic acids is 1. The predicted molar refractivity (Wildman–Crippen MR) is 75.9 cm³/mol. The van der Waals surface area contributed by atoms with Crippen LogP contribution >= 0.6 is 0 Å². The Labute approximate surface area is 116 Å². The normalized spacial score (nSPS) is 27.2. The molecule has 1 fully saturated rings. The lowest BCUT2D eigenvalue weighted by Crippen LogP contribution is -2.45. The third-order valence-corrected chi connectivity index (χ3v) is 4.10. The Balaban J connectivity index is 2.13. The Hall–Kier alpha value is -0.610. The molecule has 0 aromatic heterocycles. The number of hydrogen-bond acceptors (Lipinski definition) is 4. The van der Waals surface area contributed by atoms with E-state index in [0.717, 1.165) is 44.4 Å². The average molecular weight is 271 g/mol. The highest BCUT2D eigenvalue weighted by atomic mass is 16.5. The minimum Gasteiger partial charge on any atom is -0.465 e. The van der Waals surface area contributed by atoms with Crippen molar-refractivity contribution in [2.75, 3.05) is 19.7 Å². The summed E-state index contributed by atoms with van der Waals surface area (Å²) in [5, 5.41) is 13.4. The second-order valence-corrected chi connectivity index (χ2v) is 5.75. The van der Waals surface area contributed by atoms with Crippen molar-refractivity contribution >= 4 is 5.97 Å². The van der Waals surface area contributed by atoms with E-state index in [-0.39, 0.29) is 12.5 Å². The molecular weight excluding hydrogens is 242 g/mol. The lowest BCUT2D eigenvalue weighted by molar-refractivity contribution is -0.142. The van der Waals surface area contributed by atoms with E-state index in [2.05, 4.69) is 19.2 Å². The average Bonchev–Trinajstić information content (AvgIpc) is 2.40. The molecule has 0 heterocycles. The number of aliphatic hydroxyl groups is 1. The molecule has 4 nitrogen and oxygen atoms in total. The number of esters is 1. The quantitative estimate of drug-likeness (QED) is 0.525. The molecule has 0 bridgehead atoms. The van der Waals surface area contributed by atoms with Gasteiger partial charge in [0.25, 0.3) is 0 Å². The van der Waals surface area contributed by atoms with Gasteiger partial charge in [0.05, 0.1) is 18.8 Å². The van der Waals surface area contributed by atoms with Crippen molar-refractivity contribution in [1.82, 2.24) is 5.32 Å². The highest BCUT2D eigenvalue weighted by Gasteiger charge is 2.32. The van der Waals surface area contributed by atoms with Gasteiger partial charge in [0.15, 0.2) is 0 Å². The Bertz CT molecular complexity index is 260. The molecule has 1 aliphatic carbocycles. The van der Waals surface area contributed by atoms with Crippen LogP contribution < -0.4 is 5.32 Å². The van der Waals surface area contributed by atoms with Crippen LogP contribution in [0.25, 0.3) is 0 Å². The van der Waals surface area contributed by atoms with Crippen molar-refractivity contribution in [3.05, 3.63) is 0 Å². The van der Waals surface area contributed by atoms with E-state index >= 15 is 0 Å². The Morgan fingerprint density at radius 1 is 1.37 bits per heavy atom. The Morgan fingerprint density at radius 2 is 2.05 bits per heavy atom. The number of hydrogen-bond donors (Lipinski definition) is 2. The van der Waals surface area contributed by atoms with Crippen molar-refractivity contribution in [3.8, 4) is 0 Å². The van der Waals surface area contributed by atoms with E-state index in [1.165, 1.54) is 6.42 Å². The number of ether oxygens (including phenoxy) is 1. The van der Waals surface area contributed by atoms with E-state index in [1.807, 2.05) is 0 Å². The fourth-order valence-electron chi connectivity index (χ4n) is 2.58. The summed E-state index contributed by atoms with van der Waals surface area (Å²) < 4.78 is 5.06. The summed E-state index contributed by atoms with van der Waals surface area (Å²) in [7, 11) is 0. The zero-order chi connectivity index (χ0) is 14.1. The summed E-state index contributed by atoms with van der Waals surface area (Å²) in [6.07, 6.45) is 7.00. The van der Waals surface area contributed by atoms with Crippen molar-refractivity contribution in [2.45, 2.75) is 64.4 Å². The standard InChI is InChI=1S/C15H29NO3/c1-3-5-10-19-14(17)11-16-12-15(18)8-6-13(4-2)7-9-15/h13,16,18H,3-12H2,1-2H3. The molecule has 0 aromatic rings. The van der Waals surface area contributed by atoms with E-state index < -0.39 is 5.60 Å². The largest absolute Gasteiger partial charge is 0.465 e. The van der Waals surface area contributed by atoms with Gasteiger partial charge in [-0.1, -0.05) is 26.7 Å². The first-order valence-electron chi connectivity index (χ1n) is 7.68. The van der Waals surface area contributed by atoms with Crippen LogP contribution in [0.3, 0.4) is 0 Å². The third kappa shape index (κ3) is 6.39. The molecule has 0 atom stereocenters. The first-order chi connectivity index (χ1) is 9.09. The van der Waals surface area contributed by atoms with Crippen LogP contribution in [-0.2, 0) is 9.53 Å². The van der Waals surface area contributed by atoms with E-state index in [4.69, 9.17) is 4.74 Å². The van der Waals surface area contributed by atoms with E-state index in [1.54, 1.807) is 0 Å². The number of unbranched alkanes of at least 4 members (excludes halogenated alkanes) is 1. The molecule has 1 saturated carbocycles. The Morgan fingerprint density at radius 3 is 2.63 bits per heavy atom. The van der Waals surface area contributed by atoms with Crippen LogP contribution in [-0.4, -0.2) is 36.4 Å². The highest BCUT2D eigenvalue weighted by Crippen LogP contribution is 2.33. The third-order valence-electron chi connectivity index (χ3n) is 4.10. The fourth-order valence-corrected chi connectivity index (χ4v) is 2.58. The van der Waals surface area contributed by atoms with Gasteiger partial charge in [0, 0.05) is 6.54 Å². The SMILES string of the molecule is CCCCOC(=O)CNCC1(O)CCC(CC)CC1. The Kier molecular flexibility index (Phi) is 7.39. The lowest BCUT2D eigenvalue weighted by Gasteiger charge is -2.35. The molecule has 1 rings (SSSR count). The molecular formula is C15H29NO3. The zero-order valence-corrected chi connectivity index (χ0v) is 12.4. The van der Waals surface area contributed by atoms with Gasteiger partial charge < -0.3 is 15.2 Å². The molecule has 0 radical (unpaired) electrons. The van der Waals surface area contributed by atoms with Gasteiger partial charge in [0.1, 0.15) is 0 Å². The molecule has 0 aromatic carbocycles. The number of rotatable bonds is 8. The van der Waals surface area contributed by atoms with Crippen molar-refractivity contribution in [3.63, 3.8) is 0 Å². The van der Waals surface area contributed by atoms with Crippen molar-refractivity contribution in [2.24, 2.45) is 5.92 Å². The molecule has 0 saturated heterocycles. The summed E-state index contributed by atoms with van der Waals surface area (Å²) in [6, 6.07) is 0. The first kappa shape index (κ1) is 16.4. The van der Waals surface area contributed by atoms with Gasteiger partial charge in [-0.15, -0.1) is 0 Å². The molecule has 112 valence electrons. The first-order valence-corrected chi connectivity index (χ1v) is 7.68. The van der Waals surface area contributed by atoms with Gasteiger partial charge >= 0.3 is 5.97 Å². The van der Waals surface area contributed by atoms with E-state index in [9.17, 15) is 9.90 Å². The van der Waals surface area contributed by atoms with Crippen LogP contribution in [0.4, 0.5) is 0 Å². The minimum atomic E-state index is -0.630. The molecule has 0 aliphatic heterocycles. The van der Waals surface area contributed by atoms with Gasteiger partial charge in [-0.2, -0.15) is 0 Å². The number of nitrogens with one attached hydrogen (secondary N) is 1. The molecule has 0 unspecified atom stereocenters. The second kappa shape index (κ2) is 8.54. The molecule has 0 amide bonds. The smallest absolute Gasteiger partial charge is 0.319 e. The summed E-state index contributed by atoms with van der Waals surface area (Å²) >= 11 is 0. The van der Waals surface area contributed by atoms with Crippen LogP contribution in [0.2, 0.25) is 0 Å². The predicted octanol–water partition coefficient (Wildman–Crippen LogP) is 2.25. The summed E-state index contributed by atoms with van der Waals surface area (Å²) in [6.45, 7) is 5.46. The van der Waals surface area contributed by atoms with Crippen LogP contribution in [0.15, 0.2) is 0 Å². The molecule has 1 aliphatic rings. The van der Waals surface area contributed by atoms with Crippen molar-refractivity contribution in [1.29, 1.82) is 0 Å². The van der Waals surface area contributed by atoms with Crippen LogP contribution in [0.1, 0.15) is 58.8 Å². The molecule has 2 N–H and O–H groups in total. The van der Waals surface area contributed by atoms with Gasteiger partial charge in [-0.05, 0) is 38.0 Å². The maximum absolute atomic E-state index is 11.4. The summed E-state index contributed by atoms with van der Waals surface area (Å²) in [5.74, 6) is 0.540. The van der Waals surface area contributed by atoms with Crippen molar-refractivity contribution < 1.29 is 14.6 Å². The minimum absolute atomic E-state index is 0.198. The maximum atomic E-state index is 11.4. The summed E-state index contributed by atoms with van der Waals surface area (Å²) in [4.78, 5) is 11.4. The zero-order valence-electron chi connectivity index (χ0n) is 12.4. The molecule has 19 heavy (non-hydrogen) atoms.